The van der Waals surface area contributed by atoms with Crippen LogP contribution in [0.15, 0.2) is 18.2 Å². The Morgan fingerprint density at radius 1 is 1.38 bits per heavy atom. The zero-order valence-corrected chi connectivity index (χ0v) is 12.4. The fraction of sp³-hybridized carbons (Fsp3) is 0.462. The number of piperidine rings is 1. The summed E-state index contributed by atoms with van der Waals surface area (Å²) in [5.41, 5.74) is 0.414. The summed E-state index contributed by atoms with van der Waals surface area (Å²) in [7, 11) is -3.80. The fourth-order valence-corrected chi connectivity index (χ4v) is 3.58. The molecule has 1 aliphatic heterocycles. The summed E-state index contributed by atoms with van der Waals surface area (Å²) in [6, 6.07) is 4.17. The molecule has 21 heavy (non-hydrogen) atoms. The first-order chi connectivity index (χ1) is 9.81. The Kier molecular flexibility index (Phi) is 4.48. The van der Waals surface area contributed by atoms with Crippen molar-refractivity contribution >= 4 is 21.9 Å². The molecule has 1 aromatic carbocycles. The zero-order valence-electron chi connectivity index (χ0n) is 11.5. The second kappa shape index (κ2) is 5.98. The quantitative estimate of drug-likeness (QED) is 0.883. The van der Waals surface area contributed by atoms with Crippen LogP contribution in [0.2, 0.25) is 0 Å². The van der Waals surface area contributed by atoms with E-state index in [2.05, 4.69) is 4.72 Å². The number of halogens is 1. The van der Waals surface area contributed by atoms with Crippen molar-refractivity contribution in [2.75, 3.05) is 17.8 Å². The lowest BCUT2D eigenvalue weighted by molar-refractivity contribution is -0.142. The maximum Gasteiger partial charge on any atom is 0.306 e. The predicted molar refractivity (Wildman–Crippen MR) is 75.6 cm³/mol. The molecule has 0 unspecified atom stereocenters. The molecule has 2 rings (SSSR count). The lowest BCUT2D eigenvalue weighted by atomic mass is 9.99. The van der Waals surface area contributed by atoms with Crippen molar-refractivity contribution in [3.8, 4) is 0 Å². The number of anilines is 1. The summed E-state index contributed by atoms with van der Waals surface area (Å²) in [4.78, 5) is 10.9. The zero-order chi connectivity index (χ0) is 15.6. The van der Waals surface area contributed by atoms with Crippen LogP contribution >= 0.6 is 0 Å². The number of aliphatic carboxylic acids is 1. The molecule has 0 saturated carbocycles. The third-order valence-electron chi connectivity index (χ3n) is 3.65. The molecule has 1 saturated heterocycles. The summed E-state index contributed by atoms with van der Waals surface area (Å²) in [6.45, 7) is 1.77. The highest BCUT2D eigenvalue weighted by molar-refractivity contribution is 7.90. The van der Waals surface area contributed by atoms with E-state index in [4.69, 9.17) is 5.11 Å². The van der Waals surface area contributed by atoms with Crippen LogP contribution in [0.5, 0.6) is 0 Å². The van der Waals surface area contributed by atoms with Crippen LogP contribution in [0.25, 0.3) is 0 Å². The third kappa shape index (κ3) is 3.51. The molecule has 0 bridgehead atoms. The van der Waals surface area contributed by atoms with Crippen LogP contribution in [-0.2, 0) is 15.0 Å². The van der Waals surface area contributed by atoms with Gasteiger partial charge in [0.1, 0.15) is 5.82 Å². The van der Waals surface area contributed by atoms with Crippen LogP contribution in [0.4, 0.5) is 10.1 Å². The van der Waals surface area contributed by atoms with Gasteiger partial charge < -0.3 is 5.11 Å². The molecule has 8 heteroatoms. The lowest BCUT2D eigenvalue weighted by Crippen LogP contribution is -2.43. The summed E-state index contributed by atoms with van der Waals surface area (Å²) < 4.78 is 41.4. The van der Waals surface area contributed by atoms with Gasteiger partial charge in [0.2, 0.25) is 0 Å². The van der Waals surface area contributed by atoms with Crippen molar-refractivity contribution in [1.29, 1.82) is 0 Å². The smallest absolute Gasteiger partial charge is 0.306 e. The Labute approximate surface area is 122 Å². The lowest BCUT2D eigenvalue weighted by Gasteiger charge is -2.29. The van der Waals surface area contributed by atoms with Crippen molar-refractivity contribution in [2.45, 2.75) is 19.8 Å². The van der Waals surface area contributed by atoms with Crippen molar-refractivity contribution in [1.82, 2.24) is 4.31 Å². The number of carbonyl (C=O) groups is 1. The van der Waals surface area contributed by atoms with E-state index in [0.29, 0.717) is 0 Å². The molecule has 6 nitrogen and oxygen atoms in total. The van der Waals surface area contributed by atoms with Gasteiger partial charge in [-0.2, -0.15) is 12.7 Å². The average Bonchev–Trinajstić information content (AvgIpc) is 2.44. The van der Waals surface area contributed by atoms with Crippen LogP contribution in [0.3, 0.4) is 0 Å². The number of hydrogen-bond donors (Lipinski definition) is 2. The first kappa shape index (κ1) is 15.7. The molecule has 0 radical (unpaired) electrons. The normalized spacial score (nSPS) is 17.6. The molecule has 0 aliphatic carbocycles. The van der Waals surface area contributed by atoms with E-state index in [1.54, 1.807) is 0 Å². The maximum atomic E-state index is 13.4. The Bertz CT molecular complexity index is 640. The predicted octanol–water partition coefficient (Wildman–Crippen LogP) is 1.59. The van der Waals surface area contributed by atoms with E-state index in [1.807, 2.05) is 0 Å². The SMILES string of the molecule is Cc1c(F)cccc1NS(=O)(=O)N1CCC(C(=O)O)CC1. The molecular weight excluding hydrogens is 299 g/mol. The first-order valence-electron chi connectivity index (χ1n) is 6.57. The molecule has 1 aliphatic rings. The fourth-order valence-electron chi connectivity index (χ4n) is 2.26. The standard InChI is InChI=1S/C13H17FN2O4S/c1-9-11(14)3-2-4-12(9)15-21(19,20)16-7-5-10(6-8-16)13(17)18/h2-4,10,15H,5-8H2,1H3,(H,17,18). The Morgan fingerprint density at radius 3 is 2.57 bits per heavy atom. The molecule has 0 amide bonds. The van der Waals surface area contributed by atoms with Gasteiger partial charge in [0.25, 0.3) is 0 Å². The van der Waals surface area contributed by atoms with Gasteiger partial charge in [-0.1, -0.05) is 6.07 Å². The largest absolute Gasteiger partial charge is 0.481 e. The summed E-state index contributed by atoms with van der Waals surface area (Å²) in [6.07, 6.45) is 0.552. The minimum absolute atomic E-state index is 0.140. The average molecular weight is 316 g/mol. The van der Waals surface area contributed by atoms with Crippen molar-refractivity contribution in [3.05, 3.63) is 29.6 Å². The van der Waals surface area contributed by atoms with Gasteiger partial charge >= 0.3 is 16.2 Å². The van der Waals surface area contributed by atoms with Gasteiger partial charge in [-0.05, 0) is 31.9 Å². The number of rotatable bonds is 4. The van der Waals surface area contributed by atoms with E-state index >= 15 is 0 Å². The van der Waals surface area contributed by atoms with Crippen LogP contribution in [-0.4, -0.2) is 36.9 Å². The highest BCUT2D eigenvalue weighted by Gasteiger charge is 2.31. The number of carboxylic acids is 1. The van der Waals surface area contributed by atoms with E-state index in [-0.39, 0.29) is 37.2 Å². The van der Waals surface area contributed by atoms with E-state index in [9.17, 15) is 17.6 Å². The molecule has 2 N–H and O–H groups in total. The Balaban J connectivity index is 2.09. The summed E-state index contributed by atoms with van der Waals surface area (Å²) in [5, 5.41) is 8.90. The van der Waals surface area contributed by atoms with E-state index < -0.39 is 27.9 Å². The van der Waals surface area contributed by atoms with Crippen LogP contribution in [0.1, 0.15) is 18.4 Å². The highest BCUT2D eigenvalue weighted by atomic mass is 32.2. The van der Waals surface area contributed by atoms with Gasteiger partial charge in [-0.15, -0.1) is 0 Å². The van der Waals surface area contributed by atoms with Crippen LogP contribution in [0, 0.1) is 18.7 Å². The highest BCUT2D eigenvalue weighted by Crippen LogP contribution is 2.23. The molecule has 0 spiro atoms. The maximum absolute atomic E-state index is 13.4. The summed E-state index contributed by atoms with van der Waals surface area (Å²) in [5.74, 6) is -1.90. The van der Waals surface area contributed by atoms with Crippen LogP contribution < -0.4 is 4.72 Å². The minimum atomic E-state index is -3.80. The minimum Gasteiger partial charge on any atom is -0.481 e. The summed E-state index contributed by atoms with van der Waals surface area (Å²) >= 11 is 0. The Morgan fingerprint density at radius 2 is 2.00 bits per heavy atom. The second-order valence-electron chi connectivity index (χ2n) is 5.03. The van der Waals surface area contributed by atoms with Gasteiger partial charge in [-0.3, -0.25) is 9.52 Å². The number of carboxylic acid groups (broad SMARTS) is 1. The topological polar surface area (TPSA) is 86.7 Å². The van der Waals surface area contributed by atoms with Gasteiger partial charge in [0, 0.05) is 18.7 Å². The van der Waals surface area contributed by atoms with E-state index in [0.717, 1.165) is 0 Å². The molecular formula is C13H17FN2O4S. The van der Waals surface area contributed by atoms with Gasteiger partial charge in [0.05, 0.1) is 11.6 Å². The van der Waals surface area contributed by atoms with Crippen molar-refractivity contribution in [2.24, 2.45) is 5.92 Å². The van der Waals surface area contributed by atoms with Crippen molar-refractivity contribution < 1.29 is 22.7 Å². The van der Waals surface area contributed by atoms with Gasteiger partial charge in [0.15, 0.2) is 0 Å². The molecule has 1 aromatic rings. The number of hydrogen-bond acceptors (Lipinski definition) is 3. The first-order valence-corrected chi connectivity index (χ1v) is 8.01. The number of nitrogens with one attached hydrogen (secondary N) is 1. The number of benzene rings is 1. The second-order valence-corrected chi connectivity index (χ2v) is 6.70. The Hall–Kier alpha value is -1.67. The molecule has 0 atom stereocenters. The third-order valence-corrected chi connectivity index (χ3v) is 5.17. The van der Waals surface area contributed by atoms with Gasteiger partial charge in [-0.25, -0.2) is 4.39 Å². The molecule has 116 valence electrons. The van der Waals surface area contributed by atoms with E-state index in [1.165, 1.54) is 29.4 Å². The molecule has 1 heterocycles. The monoisotopic (exact) mass is 316 g/mol. The molecule has 1 fully saturated rings. The number of nitrogens with zero attached hydrogens (tertiary/aromatic N) is 1. The molecule has 0 aromatic heterocycles. The van der Waals surface area contributed by atoms with Crippen molar-refractivity contribution in [3.63, 3.8) is 0 Å².